The number of amides is 1. The van der Waals surface area contributed by atoms with E-state index < -0.39 is 12.1 Å². The van der Waals surface area contributed by atoms with E-state index in [0.29, 0.717) is 17.0 Å². The first-order valence-electron chi connectivity index (χ1n) is 7.97. The number of benzene rings is 2. The monoisotopic (exact) mass is 325 g/mol. The molecule has 0 radical (unpaired) electrons. The molecule has 4 nitrogen and oxygen atoms in total. The van der Waals surface area contributed by atoms with Crippen LogP contribution in [0.1, 0.15) is 47.4 Å². The van der Waals surface area contributed by atoms with Gasteiger partial charge < -0.3 is 9.64 Å². The van der Waals surface area contributed by atoms with Crippen LogP contribution in [0.2, 0.25) is 0 Å². The molecule has 4 heteroatoms. The second-order valence-electron chi connectivity index (χ2n) is 6.21. The number of nitrogens with zero attached hydrogens (tertiary/aromatic N) is 1. The van der Waals surface area contributed by atoms with Crippen molar-refractivity contribution in [3.8, 4) is 0 Å². The molecule has 1 atom stereocenters. The van der Waals surface area contributed by atoms with Crippen molar-refractivity contribution in [2.45, 2.75) is 25.9 Å². The topological polar surface area (TPSA) is 46.6 Å². The molecule has 2 rings (SSSR count). The molecule has 126 valence electrons. The molecule has 0 N–H and O–H groups in total. The Morgan fingerprint density at radius 3 is 1.96 bits per heavy atom. The predicted octanol–water partition coefficient (Wildman–Crippen LogP) is 3.80. The van der Waals surface area contributed by atoms with Gasteiger partial charge in [0.25, 0.3) is 5.91 Å². The van der Waals surface area contributed by atoms with E-state index in [9.17, 15) is 9.59 Å². The van der Waals surface area contributed by atoms with Gasteiger partial charge in [-0.15, -0.1) is 0 Å². The summed E-state index contributed by atoms with van der Waals surface area (Å²) in [5, 5.41) is 0. The van der Waals surface area contributed by atoms with E-state index in [1.54, 1.807) is 38.4 Å². The third-order valence-corrected chi connectivity index (χ3v) is 3.81. The van der Waals surface area contributed by atoms with E-state index >= 15 is 0 Å². The Morgan fingerprint density at radius 2 is 1.46 bits per heavy atom. The van der Waals surface area contributed by atoms with Crippen LogP contribution in [0, 0.1) is 0 Å². The van der Waals surface area contributed by atoms with Crippen LogP contribution in [0.5, 0.6) is 0 Å². The zero-order valence-electron chi connectivity index (χ0n) is 14.5. The normalized spacial score (nSPS) is 11.9. The molecule has 0 saturated carbocycles. The Balaban J connectivity index is 2.22. The Morgan fingerprint density at radius 1 is 0.875 bits per heavy atom. The Labute approximate surface area is 143 Å². The quantitative estimate of drug-likeness (QED) is 0.786. The summed E-state index contributed by atoms with van der Waals surface area (Å²) in [6.45, 7) is 4.18. The van der Waals surface area contributed by atoms with Gasteiger partial charge in [0.1, 0.15) is 0 Å². The summed E-state index contributed by atoms with van der Waals surface area (Å²) in [5.41, 5.74) is 2.24. The van der Waals surface area contributed by atoms with Crippen molar-refractivity contribution in [2.24, 2.45) is 0 Å². The average molecular weight is 325 g/mol. The molecule has 0 bridgehead atoms. The van der Waals surface area contributed by atoms with Crippen molar-refractivity contribution < 1.29 is 14.3 Å². The molecule has 0 heterocycles. The third kappa shape index (κ3) is 4.22. The first-order chi connectivity index (χ1) is 11.4. The summed E-state index contributed by atoms with van der Waals surface area (Å²) in [7, 11) is 3.28. The number of carbonyl (C=O) groups excluding carboxylic acids is 2. The number of carbonyl (C=O) groups is 2. The van der Waals surface area contributed by atoms with Crippen LogP contribution in [0.25, 0.3) is 0 Å². The number of rotatable bonds is 5. The van der Waals surface area contributed by atoms with Crippen LogP contribution in [0.4, 0.5) is 0 Å². The number of esters is 1. The fourth-order valence-electron chi connectivity index (χ4n) is 2.30. The molecular weight excluding hydrogens is 302 g/mol. The van der Waals surface area contributed by atoms with Crippen molar-refractivity contribution in [2.75, 3.05) is 14.1 Å². The lowest BCUT2D eigenvalue weighted by atomic mass is 10.0. The maximum atomic E-state index is 12.4. The maximum absolute atomic E-state index is 12.4. The molecule has 0 saturated heterocycles. The van der Waals surface area contributed by atoms with Gasteiger partial charge in [0, 0.05) is 19.7 Å². The van der Waals surface area contributed by atoms with Crippen molar-refractivity contribution in [1.29, 1.82) is 0 Å². The molecule has 0 aliphatic carbocycles. The summed E-state index contributed by atoms with van der Waals surface area (Å²) in [6, 6.07) is 16.3. The zero-order valence-corrected chi connectivity index (χ0v) is 14.5. The van der Waals surface area contributed by atoms with Crippen molar-refractivity contribution in [1.82, 2.24) is 4.90 Å². The van der Waals surface area contributed by atoms with Crippen LogP contribution in [-0.4, -0.2) is 30.9 Å². The maximum Gasteiger partial charge on any atom is 0.339 e. The molecule has 0 aliphatic heterocycles. The van der Waals surface area contributed by atoms with Gasteiger partial charge in [-0.2, -0.15) is 0 Å². The van der Waals surface area contributed by atoms with Crippen LogP contribution in [0.15, 0.2) is 54.6 Å². The van der Waals surface area contributed by atoms with E-state index in [-0.39, 0.29) is 5.91 Å². The zero-order chi connectivity index (χ0) is 17.7. The highest BCUT2D eigenvalue weighted by Gasteiger charge is 2.26. The van der Waals surface area contributed by atoms with E-state index in [0.717, 1.165) is 5.56 Å². The SMILES string of the molecule is CC(C)c1ccc(C(=O)O[C@@H](C(=O)N(C)C)c2ccccc2)cc1. The minimum absolute atomic E-state index is 0.270. The van der Waals surface area contributed by atoms with Crippen LogP contribution < -0.4 is 0 Å². The Hall–Kier alpha value is -2.62. The van der Waals surface area contributed by atoms with E-state index in [1.165, 1.54) is 4.90 Å². The molecule has 2 aromatic rings. The van der Waals surface area contributed by atoms with Crippen LogP contribution in [0.3, 0.4) is 0 Å². The molecule has 24 heavy (non-hydrogen) atoms. The molecule has 2 aromatic carbocycles. The lowest BCUT2D eigenvalue weighted by Crippen LogP contribution is -2.31. The van der Waals surface area contributed by atoms with Gasteiger partial charge in [-0.05, 0) is 23.6 Å². The second kappa shape index (κ2) is 7.77. The predicted molar refractivity (Wildman–Crippen MR) is 93.8 cm³/mol. The smallest absolute Gasteiger partial charge is 0.339 e. The Bertz CT molecular complexity index is 691. The lowest BCUT2D eigenvalue weighted by molar-refractivity contribution is -0.138. The summed E-state index contributed by atoms with van der Waals surface area (Å²) < 4.78 is 5.52. The van der Waals surface area contributed by atoms with E-state index in [2.05, 4.69) is 13.8 Å². The second-order valence-corrected chi connectivity index (χ2v) is 6.21. The molecule has 0 fully saturated rings. The van der Waals surface area contributed by atoms with Crippen molar-refractivity contribution in [3.63, 3.8) is 0 Å². The Kier molecular flexibility index (Phi) is 5.74. The number of hydrogen-bond donors (Lipinski definition) is 0. The van der Waals surface area contributed by atoms with E-state index in [1.807, 2.05) is 30.3 Å². The minimum Gasteiger partial charge on any atom is -0.444 e. The molecule has 0 aromatic heterocycles. The van der Waals surface area contributed by atoms with Gasteiger partial charge in [-0.1, -0.05) is 56.3 Å². The van der Waals surface area contributed by atoms with Crippen LogP contribution >= 0.6 is 0 Å². The van der Waals surface area contributed by atoms with Crippen molar-refractivity contribution in [3.05, 3.63) is 71.3 Å². The molecule has 1 amide bonds. The number of ether oxygens (including phenoxy) is 1. The standard InChI is InChI=1S/C20H23NO3/c1-14(2)15-10-12-17(13-11-15)20(23)24-18(19(22)21(3)4)16-8-6-5-7-9-16/h5-14,18H,1-4H3/t18-/m1/s1. The van der Waals surface area contributed by atoms with Gasteiger partial charge in [0.05, 0.1) is 5.56 Å². The first-order valence-corrected chi connectivity index (χ1v) is 7.97. The van der Waals surface area contributed by atoms with Gasteiger partial charge in [-0.3, -0.25) is 4.79 Å². The fourth-order valence-corrected chi connectivity index (χ4v) is 2.30. The summed E-state index contributed by atoms with van der Waals surface area (Å²) in [4.78, 5) is 26.3. The number of likely N-dealkylation sites (N-methyl/N-ethyl adjacent to an activating group) is 1. The lowest BCUT2D eigenvalue weighted by Gasteiger charge is -2.21. The van der Waals surface area contributed by atoms with E-state index in [4.69, 9.17) is 4.74 Å². The average Bonchev–Trinajstić information content (AvgIpc) is 2.59. The van der Waals surface area contributed by atoms with Gasteiger partial charge >= 0.3 is 5.97 Å². The molecular formula is C20H23NO3. The van der Waals surface area contributed by atoms with Gasteiger partial charge in [0.15, 0.2) is 0 Å². The highest BCUT2D eigenvalue weighted by molar-refractivity contribution is 5.92. The van der Waals surface area contributed by atoms with Gasteiger partial charge in [0.2, 0.25) is 6.10 Å². The minimum atomic E-state index is -0.946. The first kappa shape index (κ1) is 17.7. The fraction of sp³-hybridized carbons (Fsp3) is 0.300. The molecule has 0 spiro atoms. The van der Waals surface area contributed by atoms with Crippen LogP contribution in [-0.2, 0) is 9.53 Å². The summed E-state index contributed by atoms with van der Waals surface area (Å²) >= 11 is 0. The summed E-state index contributed by atoms with van der Waals surface area (Å²) in [6.07, 6.45) is -0.946. The largest absolute Gasteiger partial charge is 0.444 e. The summed E-state index contributed by atoms with van der Waals surface area (Å²) in [5.74, 6) is -0.384. The third-order valence-electron chi connectivity index (χ3n) is 3.81. The molecule has 0 aliphatic rings. The highest BCUT2D eigenvalue weighted by atomic mass is 16.5. The molecule has 0 unspecified atom stereocenters. The number of hydrogen-bond acceptors (Lipinski definition) is 3. The van der Waals surface area contributed by atoms with Gasteiger partial charge in [-0.25, -0.2) is 4.79 Å². The van der Waals surface area contributed by atoms with Crippen molar-refractivity contribution >= 4 is 11.9 Å². The highest BCUT2D eigenvalue weighted by Crippen LogP contribution is 2.22.